The molecule has 0 atom stereocenters. The summed E-state index contributed by atoms with van der Waals surface area (Å²) >= 11 is 6.14. The van der Waals surface area contributed by atoms with Crippen molar-refractivity contribution in [1.29, 1.82) is 0 Å². The van der Waals surface area contributed by atoms with Gasteiger partial charge in [0.15, 0.2) is 5.75 Å². The minimum absolute atomic E-state index is 0.177. The van der Waals surface area contributed by atoms with Crippen molar-refractivity contribution in [2.45, 2.75) is 20.2 Å². The van der Waals surface area contributed by atoms with E-state index >= 15 is 0 Å². The quantitative estimate of drug-likeness (QED) is 0.496. The third-order valence-corrected chi connectivity index (χ3v) is 3.84. The van der Waals surface area contributed by atoms with Crippen LogP contribution in [0.4, 0.5) is 30.2 Å². The molecule has 0 fully saturated rings. The maximum absolute atomic E-state index is 12.6. The predicted octanol–water partition coefficient (Wildman–Crippen LogP) is 5.90. The van der Waals surface area contributed by atoms with Gasteiger partial charge in [-0.1, -0.05) is 23.7 Å². The minimum Gasteiger partial charge on any atom is -0.404 e. The molecule has 0 heterocycles. The van der Waals surface area contributed by atoms with Gasteiger partial charge < -0.3 is 15.0 Å². The number of para-hydroxylation sites is 2. The van der Waals surface area contributed by atoms with Crippen LogP contribution in [0.2, 0.25) is 5.02 Å². The first kappa shape index (κ1) is 19.9. The summed E-state index contributed by atoms with van der Waals surface area (Å²) in [5.74, 6) is -0.324. The van der Waals surface area contributed by atoms with Crippen molar-refractivity contribution in [3.63, 3.8) is 0 Å². The van der Waals surface area contributed by atoms with E-state index in [0.29, 0.717) is 16.4 Å². The number of rotatable bonds is 6. The molecule has 8 heteroatoms. The zero-order valence-electron chi connectivity index (χ0n) is 14.6. The largest absolute Gasteiger partial charge is 0.573 e. The number of hydrogen-bond donors (Lipinski definition) is 1. The SMILES string of the molecule is CCN(C)/C=N\c1cc(Cl)cc(Nc2ccccc2OC(F)(F)F)c1C. The molecule has 0 aliphatic heterocycles. The molecule has 0 aromatic heterocycles. The molecule has 0 unspecified atom stereocenters. The Balaban J connectivity index is 2.36. The molecule has 4 nitrogen and oxygen atoms in total. The van der Waals surface area contributed by atoms with Crippen molar-refractivity contribution in [2.24, 2.45) is 4.99 Å². The molecule has 2 aromatic rings. The van der Waals surface area contributed by atoms with Gasteiger partial charge in [0.05, 0.1) is 17.7 Å². The van der Waals surface area contributed by atoms with Crippen LogP contribution in [0.25, 0.3) is 0 Å². The Morgan fingerprint density at radius 3 is 2.58 bits per heavy atom. The third-order valence-electron chi connectivity index (χ3n) is 3.62. The number of halogens is 4. The van der Waals surface area contributed by atoms with Crippen molar-refractivity contribution >= 4 is 35.0 Å². The number of nitrogens with one attached hydrogen (secondary N) is 1. The van der Waals surface area contributed by atoms with Gasteiger partial charge in [-0.2, -0.15) is 0 Å². The average Bonchev–Trinajstić information content (AvgIpc) is 2.56. The minimum atomic E-state index is -4.78. The Bertz CT molecular complexity index is 794. The lowest BCUT2D eigenvalue weighted by Crippen LogP contribution is -2.17. The van der Waals surface area contributed by atoms with Crippen LogP contribution >= 0.6 is 11.6 Å². The molecule has 0 aliphatic rings. The number of hydrogen-bond acceptors (Lipinski definition) is 3. The molecule has 0 radical (unpaired) electrons. The van der Waals surface area contributed by atoms with E-state index < -0.39 is 6.36 Å². The van der Waals surface area contributed by atoms with E-state index in [1.54, 1.807) is 24.5 Å². The first-order valence-electron chi connectivity index (χ1n) is 7.86. The van der Waals surface area contributed by atoms with Gasteiger partial charge in [-0.25, -0.2) is 4.99 Å². The van der Waals surface area contributed by atoms with Gasteiger partial charge in [0.25, 0.3) is 0 Å². The number of nitrogens with zero attached hydrogens (tertiary/aromatic N) is 2. The van der Waals surface area contributed by atoms with E-state index in [-0.39, 0.29) is 11.4 Å². The van der Waals surface area contributed by atoms with E-state index in [4.69, 9.17) is 11.6 Å². The number of aliphatic imine (C=N–C) groups is 1. The van der Waals surface area contributed by atoms with Crippen molar-refractivity contribution in [1.82, 2.24) is 4.90 Å². The number of ether oxygens (including phenoxy) is 1. The van der Waals surface area contributed by atoms with Gasteiger partial charge in [-0.15, -0.1) is 13.2 Å². The van der Waals surface area contributed by atoms with Crippen LogP contribution in [-0.4, -0.2) is 31.2 Å². The summed E-state index contributed by atoms with van der Waals surface area (Å²) in [4.78, 5) is 6.28. The van der Waals surface area contributed by atoms with Crippen molar-refractivity contribution in [3.05, 3.63) is 47.0 Å². The summed E-state index contributed by atoms with van der Waals surface area (Å²) in [7, 11) is 1.88. The second kappa shape index (κ2) is 8.31. The lowest BCUT2D eigenvalue weighted by atomic mass is 10.1. The Kier molecular flexibility index (Phi) is 6.37. The first-order valence-corrected chi connectivity index (χ1v) is 8.23. The van der Waals surface area contributed by atoms with Gasteiger partial charge in [-0.05, 0) is 43.7 Å². The second-order valence-corrected chi connectivity index (χ2v) is 6.02. The number of alkyl halides is 3. The molecule has 2 aromatic carbocycles. The van der Waals surface area contributed by atoms with Crippen molar-refractivity contribution in [2.75, 3.05) is 18.9 Å². The second-order valence-electron chi connectivity index (χ2n) is 5.58. The molecular formula is C18H19ClF3N3O. The fourth-order valence-electron chi connectivity index (χ4n) is 2.10. The summed E-state index contributed by atoms with van der Waals surface area (Å²) in [5.41, 5.74) is 2.09. The maximum atomic E-state index is 12.6. The summed E-state index contributed by atoms with van der Waals surface area (Å²) in [6, 6.07) is 9.14. The fraction of sp³-hybridized carbons (Fsp3) is 0.278. The molecular weight excluding hydrogens is 367 g/mol. The Labute approximate surface area is 155 Å². The summed E-state index contributed by atoms with van der Waals surface area (Å²) in [6.45, 7) is 4.59. The highest BCUT2D eigenvalue weighted by atomic mass is 35.5. The number of benzene rings is 2. The molecule has 0 spiro atoms. The molecule has 140 valence electrons. The number of anilines is 2. The maximum Gasteiger partial charge on any atom is 0.573 e. The first-order chi connectivity index (χ1) is 12.2. The van der Waals surface area contributed by atoms with Crippen LogP contribution in [-0.2, 0) is 0 Å². The standard InChI is InChI=1S/C18H19ClF3N3O/c1-4-25(3)11-23-15-9-13(19)10-16(12(15)2)24-14-7-5-6-8-17(14)26-18(20,21)22/h5-11,24H,4H2,1-3H3/b23-11-. The van der Waals surface area contributed by atoms with Gasteiger partial charge in [-0.3, -0.25) is 0 Å². The van der Waals surface area contributed by atoms with E-state index in [0.717, 1.165) is 12.1 Å². The Morgan fingerprint density at radius 2 is 1.92 bits per heavy atom. The van der Waals surface area contributed by atoms with Gasteiger partial charge in [0, 0.05) is 24.3 Å². The summed E-state index contributed by atoms with van der Waals surface area (Å²) < 4.78 is 41.8. The Hall–Kier alpha value is -2.41. The third kappa shape index (κ3) is 5.56. The zero-order valence-corrected chi connectivity index (χ0v) is 15.3. The zero-order chi connectivity index (χ0) is 19.3. The van der Waals surface area contributed by atoms with Gasteiger partial charge >= 0.3 is 6.36 Å². The lowest BCUT2D eigenvalue weighted by molar-refractivity contribution is -0.274. The predicted molar refractivity (Wildman–Crippen MR) is 99.1 cm³/mol. The van der Waals surface area contributed by atoms with Crippen LogP contribution < -0.4 is 10.1 Å². The van der Waals surface area contributed by atoms with Crippen molar-refractivity contribution < 1.29 is 17.9 Å². The van der Waals surface area contributed by atoms with Gasteiger partial charge in [0.1, 0.15) is 0 Å². The average molecular weight is 386 g/mol. The van der Waals surface area contributed by atoms with Crippen LogP contribution in [0, 0.1) is 6.92 Å². The van der Waals surface area contributed by atoms with Crippen LogP contribution in [0.15, 0.2) is 41.4 Å². The van der Waals surface area contributed by atoms with Crippen LogP contribution in [0.5, 0.6) is 5.75 Å². The molecule has 26 heavy (non-hydrogen) atoms. The van der Waals surface area contributed by atoms with E-state index in [1.807, 2.05) is 25.8 Å². The van der Waals surface area contributed by atoms with Crippen LogP contribution in [0.3, 0.4) is 0 Å². The summed E-state index contributed by atoms with van der Waals surface area (Å²) in [6.07, 6.45) is -3.11. The van der Waals surface area contributed by atoms with E-state index in [1.165, 1.54) is 18.2 Å². The molecule has 1 N–H and O–H groups in total. The fourth-order valence-corrected chi connectivity index (χ4v) is 2.31. The van der Waals surface area contributed by atoms with E-state index in [2.05, 4.69) is 15.0 Å². The van der Waals surface area contributed by atoms with E-state index in [9.17, 15) is 13.2 Å². The Morgan fingerprint density at radius 1 is 1.23 bits per heavy atom. The topological polar surface area (TPSA) is 36.9 Å². The highest BCUT2D eigenvalue weighted by Gasteiger charge is 2.32. The van der Waals surface area contributed by atoms with Crippen molar-refractivity contribution in [3.8, 4) is 5.75 Å². The molecule has 2 rings (SSSR count). The lowest BCUT2D eigenvalue weighted by Gasteiger charge is -2.17. The molecule has 0 amide bonds. The molecule has 0 saturated carbocycles. The normalized spacial score (nSPS) is 11.7. The molecule has 0 saturated heterocycles. The van der Waals surface area contributed by atoms with Gasteiger partial charge in [0.2, 0.25) is 0 Å². The molecule has 0 bridgehead atoms. The highest BCUT2D eigenvalue weighted by Crippen LogP contribution is 2.36. The monoisotopic (exact) mass is 385 g/mol. The summed E-state index contributed by atoms with van der Waals surface area (Å²) in [5, 5.41) is 3.36. The smallest absolute Gasteiger partial charge is 0.404 e. The van der Waals surface area contributed by atoms with Crippen LogP contribution in [0.1, 0.15) is 12.5 Å². The molecule has 0 aliphatic carbocycles. The highest BCUT2D eigenvalue weighted by molar-refractivity contribution is 6.31.